The van der Waals surface area contributed by atoms with Crippen molar-refractivity contribution in [2.24, 2.45) is 5.73 Å². The zero-order chi connectivity index (χ0) is 12.6. The van der Waals surface area contributed by atoms with Gasteiger partial charge in [-0.2, -0.15) is 11.8 Å². The first kappa shape index (κ1) is 15.1. The zero-order valence-electron chi connectivity index (χ0n) is 10.2. The molecular weight excluding hydrogens is 226 g/mol. The van der Waals surface area contributed by atoms with Gasteiger partial charge in [-0.05, 0) is 32.3 Å². The number of hydrogen-bond donors (Lipinski definition) is 2. The highest BCUT2D eigenvalue weighted by atomic mass is 32.2. The predicted molar refractivity (Wildman–Crippen MR) is 67.4 cm³/mol. The Kier molecular flexibility index (Phi) is 7.80. The third kappa shape index (κ3) is 5.25. The summed E-state index contributed by atoms with van der Waals surface area (Å²) in [5, 5.41) is 2.50. The SMILES string of the molecule is CCN(CC)C(=O)[C@@H](CCSC)NC(N)=O. The van der Waals surface area contributed by atoms with E-state index >= 15 is 0 Å². The second kappa shape index (κ2) is 8.27. The highest BCUT2D eigenvalue weighted by molar-refractivity contribution is 7.98. The molecule has 0 aromatic carbocycles. The number of rotatable bonds is 7. The van der Waals surface area contributed by atoms with Crippen molar-refractivity contribution < 1.29 is 9.59 Å². The smallest absolute Gasteiger partial charge is 0.312 e. The van der Waals surface area contributed by atoms with E-state index < -0.39 is 12.1 Å². The standard InChI is InChI=1S/C10H21N3O2S/c1-4-13(5-2)9(14)8(6-7-16-3)12-10(11)15/h8H,4-7H2,1-3H3,(H3,11,12,15)/t8-/m1/s1. The van der Waals surface area contributed by atoms with Gasteiger partial charge in [0, 0.05) is 13.1 Å². The van der Waals surface area contributed by atoms with Crippen LogP contribution in [0.1, 0.15) is 20.3 Å². The maximum atomic E-state index is 12.0. The Labute approximate surface area is 101 Å². The van der Waals surface area contributed by atoms with E-state index in [2.05, 4.69) is 5.32 Å². The number of primary amides is 1. The molecule has 0 saturated heterocycles. The fourth-order valence-corrected chi connectivity index (χ4v) is 1.89. The number of thioether (sulfide) groups is 1. The van der Waals surface area contributed by atoms with E-state index in [0.717, 1.165) is 5.75 Å². The number of nitrogens with two attached hydrogens (primary N) is 1. The number of amides is 3. The third-order valence-electron chi connectivity index (χ3n) is 2.30. The Morgan fingerprint density at radius 2 is 1.94 bits per heavy atom. The number of hydrogen-bond acceptors (Lipinski definition) is 3. The number of carbonyl (C=O) groups is 2. The summed E-state index contributed by atoms with van der Waals surface area (Å²) in [5.74, 6) is 0.760. The minimum Gasteiger partial charge on any atom is -0.352 e. The zero-order valence-corrected chi connectivity index (χ0v) is 11.0. The van der Waals surface area contributed by atoms with Crippen LogP contribution in [0.2, 0.25) is 0 Å². The van der Waals surface area contributed by atoms with Gasteiger partial charge in [0.05, 0.1) is 0 Å². The monoisotopic (exact) mass is 247 g/mol. The number of nitrogens with zero attached hydrogens (tertiary/aromatic N) is 1. The summed E-state index contributed by atoms with van der Waals surface area (Å²) in [6.45, 7) is 5.12. The van der Waals surface area contributed by atoms with Gasteiger partial charge in [-0.1, -0.05) is 0 Å². The summed E-state index contributed by atoms with van der Waals surface area (Å²) >= 11 is 1.64. The fourth-order valence-electron chi connectivity index (χ4n) is 1.42. The normalized spacial score (nSPS) is 11.9. The summed E-state index contributed by atoms with van der Waals surface area (Å²) in [6.07, 6.45) is 2.57. The molecule has 0 unspecified atom stereocenters. The van der Waals surface area contributed by atoms with Crippen LogP contribution in [0.15, 0.2) is 0 Å². The molecular formula is C10H21N3O2S. The van der Waals surface area contributed by atoms with Gasteiger partial charge in [0.2, 0.25) is 5.91 Å². The summed E-state index contributed by atoms with van der Waals surface area (Å²) < 4.78 is 0. The molecule has 0 aliphatic carbocycles. The van der Waals surface area contributed by atoms with Gasteiger partial charge in [0.15, 0.2) is 0 Å². The van der Waals surface area contributed by atoms with Crippen molar-refractivity contribution in [1.29, 1.82) is 0 Å². The Morgan fingerprint density at radius 1 is 1.38 bits per heavy atom. The van der Waals surface area contributed by atoms with Gasteiger partial charge in [-0.15, -0.1) is 0 Å². The van der Waals surface area contributed by atoms with Gasteiger partial charge in [-0.3, -0.25) is 4.79 Å². The molecule has 6 heteroatoms. The lowest BCUT2D eigenvalue weighted by Crippen LogP contribution is -2.50. The van der Waals surface area contributed by atoms with Crippen molar-refractivity contribution >= 4 is 23.7 Å². The lowest BCUT2D eigenvalue weighted by atomic mass is 10.2. The maximum Gasteiger partial charge on any atom is 0.312 e. The number of likely N-dealkylation sites (N-methyl/N-ethyl adjacent to an activating group) is 1. The molecule has 1 atom stereocenters. The molecule has 0 aromatic heterocycles. The molecule has 0 aliphatic rings. The lowest BCUT2D eigenvalue weighted by molar-refractivity contribution is -0.132. The van der Waals surface area contributed by atoms with E-state index in [9.17, 15) is 9.59 Å². The van der Waals surface area contributed by atoms with Crippen LogP contribution in [0.3, 0.4) is 0 Å². The van der Waals surface area contributed by atoms with Crippen LogP contribution < -0.4 is 11.1 Å². The summed E-state index contributed by atoms with van der Waals surface area (Å²) in [7, 11) is 0. The van der Waals surface area contributed by atoms with Crippen molar-refractivity contribution in [2.75, 3.05) is 25.1 Å². The Hall–Kier alpha value is -0.910. The second-order valence-electron chi connectivity index (χ2n) is 3.35. The van der Waals surface area contributed by atoms with Gasteiger partial charge in [0.1, 0.15) is 6.04 Å². The molecule has 0 aliphatic heterocycles. The van der Waals surface area contributed by atoms with Crippen molar-refractivity contribution in [1.82, 2.24) is 10.2 Å². The highest BCUT2D eigenvalue weighted by Gasteiger charge is 2.22. The van der Waals surface area contributed by atoms with Crippen LogP contribution in [0.5, 0.6) is 0 Å². The number of nitrogens with one attached hydrogen (secondary N) is 1. The third-order valence-corrected chi connectivity index (χ3v) is 2.94. The van der Waals surface area contributed by atoms with Gasteiger partial charge in [-0.25, -0.2) is 4.79 Å². The van der Waals surface area contributed by atoms with Gasteiger partial charge < -0.3 is 16.0 Å². The summed E-state index contributed by atoms with van der Waals surface area (Å²) in [4.78, 5) is 24.5. The first-order valence-electron chi connectivity index (χ1n) is 5.40. The molecule has 16 heavy (non-hydrogen) atoms. The van der Waals surface area contributed by atoms with Crippen molar-refractivity contribution in [3.8, 4) is 0 Å². The van der Waals surface area contributed by atoms with Crippen LogP contribution in [0, 0.1) is 0 Å². The highest BCUT2D eigenvalue weighted by Crippen LogP contribution is 2.04. The summed E-state index contributed by atoms with van der Waals surface area (Å²) in [5.41, 5.74) is 5.06. The van der Waals surface area contributed by atoms with Crippen molar-refractivity contribution in [3.63, 3.8) is 0 Å². The quantitative estimate of drug-likeness (QED) is 0.693. The Bertz CT molecular complexity index is 232. The molecule has 0 aromatic rings. The minimum atomic E-state index is -0.647. The molecule has 0 bridgehead atoms. The molecule has 3 amide bonds. The lowest BCUT2D eigenvalue weighted by Gasteiger charge is -2.25. The van der Waals surface area contributed by atoms with Crippen LogP contribution in [0.4, 0.5) is 4.79 Å². The molecule has 5 nitrogen and oxygen atoms in total. The van der Waals surface area contributed by atoms with E-state index in [4.69, 9.17) is 5.73 Å². The fraction of sp³-hybridized carbons (Fsp3) is 0.800. The average molecular weight is 247 g/mol. The van der Waals surface area contributed by atoms with Gasteiger partial charge >= 0.3 is 6.03 Å². The first-order chi connectivity index (χ1) is 7.56. The molecule has 0 spiro atoms. The van der Waals surface area contributed by atoms with Crippen LogP contribution in [-0.2, 0) is 4.79 Å². The molecule has 0 saturated carbocycles. The second-order valence-corrected chi connectivity index (χ2v) is 4.34. The average Bonchev–Trinajstić information content (AvgIpc) is 2.25. The van der Waals surface area contributed by atoms with Crippen LogP contribution in [0.25, 0.3) is 0 Å². The van der Waals surface area contributed by atoms with Crippen LogP contribution in [-0.4, -0.2) is 48.0 Å². The summed E-state index contributed by atoms with van der Waals surface area (Å²) in [6, 6.07) is -1.14. The predicted octanol–water partition coefficient (Wildman–Crippen LogP) is 0.645. The largest absolute Gasteiger partial charge is 0.352 e. The molecule has 94 valence electrons. The molecule has 0 radical (unpaired) electrons. The van der Waals surface area contributed by atoms with E-state index in [-0.39, 0.29) is 5.91 Å². The Balaban J connectivity index is 4.46. The van der Waals surface area contributed by atoms with Crippen LogP contribution >= 0.6 is 11.8 Å². The first-order valence-corrected chi connectivity index (χ1v) is 6.79. The minimum absolute atomic E-state index is 0.0575. The Morgan fingerprint density at radius 3 is 2.31 bits per heavy atom. The van der Waals surface area contributed by atoms with Crippen molar-refractivity contribution in [3.05, 3.63) is 0 Å². The number of carbonyl (C=O) groups excluding carboxylic acids is 2. The molecule has 0 rings (SSSR count). The number of urea groups is 1. The topological polar surface area (TPSA) is 75.4 Å². The maximum absolute atomic E-state index is 12.0. The molecule has 0 fully saturated rings. The van der Waals surface area contributed by atoms with E-state index in [0.29, 0.717) is 19.5 Å². The molecule has 3 N–H and O–H groups in total. The van der Waals surface area contributed by atoms with Gasteiger partial charge in [0.25, 0.3) is 0 Å². The van der Waals surface area contributed by atoms with E-state index in [1.807, 2.05) is 20.1 Å². The van der Waals surface area contributed by atoms with E-state index in [1.165, 1.54) is 0 Å². The molecule has 0 heterocycles. The van der Waals surface area contributed by atoms with E-state index in [1.54, 1.807) is 16.7 Å². The van der Waals surface area contributed by atoms with Crippen molar-refractivity contribution in [2.45, 2.75) is 26.3 Å².